The predicted molar refractivity (Wildman–Crippen MR) is 209 cm³/mol. The van der Waals surface area contributed by atoms with Gasteiger partial charge in [0.05, 0.1) is 43.3 Å². The van der Waals surface area contributed by atoms with Crippen molar-refractivity contribution in [3.63, 3.8) is 0 Å². The van der Waals surface area contributed by atoms with Crippen molar-refractivity contribution >= 4 is 13.3 Å². The minimum atomic E-state index is -4.76. The summed E-state index contributed by atoms with van der Waals surface area (Å²) >= 11 is 0. The first-order chi connectivity index (χ1) is 27.1. The Morgan fingerprint density at radius 1 is 0.946 bits per heavy atom. The summed E-state index contributed by atoms with van der Waals surface area (Å²) in [4.78, 5) is 14.7. The van der Waals surface area contributed by atoms with Gasteiger partial charge in [-0.15, -0.1) is 0 Å². The highest BCUT2D eigenvalue weighted by atomic mass is 31.2. The van der Waals surface area contributed by atoms with Crippen LogP contribution in [0.25, 0.3) is 5.52 Å². The SMILES string of the molecule is CCCCCCCCCCCCCCCCCCOC[C@H](COP(=O)(O)OC[C@H]1O[C@@](C#N)(c2ccc3c(C)ncnn23)[C@H](O)[C@@H]1O)OCc1cccc(F)c1. The maximum absolute atomic E-state index is 13.8. The Bertz CT molecular complexity index is 1680. The number of unbranched alkanes of at least 4 members (excludes halogenated alkanes) is 15. The van der Waals surface area contributed by atoms with E-state index < -0.39 is 56.9 Å². The van der Waals surface area contributed by atoms with Crippen LogP contribution in [-0.4, -0.2) is 80.5 Å². The van der Waals surface area contributed by atoms with Gasteiger partial charge in [-0.05, 0) is 43.2 Å². The van der Waals surface area contributed by atoms with Gasteiger partial charge >= 0.3 is 7.82 Å². The number of aryl methyl sites for hydroxylation is 1. The monoisotopic (exact) mass is 804 g/mol. The van der Waals surface area contributed by atoms with E-state index in [0.717, 1.165) is 19.3 Å². The molecule has 3 N–H and O–H groups in total. The Kier molecular flexibility index (Phi) is 19.8. The lowest BCUT2D eigenvalue weighted by Gasteiger charge is -2.24. The first kappa shape index (κ1) is 45.9. The number of aliphatic hydroxyl groups excluding tert-OH is 2. The van der Waals surface area contributed by atoms with Gasteiger partial charge in [0.15, 0.2) is 0 Å². The summed E-state index contributed by atoms with van der Waals surface area (Å²) in [6.45, 7) is 3.48. The molecule has 56 heavy (non-hydrogen) atoms. The minimum absolute atomic E-state index is 0.0138. The number of benzene rings is 1. The third-order valence-corrected chi connectivity index (χ3v) is 11.2. The van der Waals surface area contributed by atoms with E-state index in [1.165, 1.54) is 113 Å². The first-order valence-electron chi connectivity index (χ1n) is 20.4. The summed E-state index contributed by atoms with van der Waals surface area (Å²) in [5, 5.41) is 36.1. The summed E-state index contributed by atoms with van der Waals surface area (Å²) in [5.74, 6) is -0.415. The largest absolute Gasteiger partial charge is 0.472 e. The van der Waals surface area contributed by atoms with Crippen LogP contribution in [0.5, 0.6) is 0 Å². The molecule has 2 aromatic heterocycles. The fourth-order valence-electron chi connectivity index (χ4n) is 6.99. The highest BCUT2D eigenvalue weighted by molar-refractivity contribution is 7.47. The van der Waals surface area contributed by atoms with Gasteiger partial charge < -0.3 is 29.3 Å². The summed E-state index contributed by atoms with van der Waals surface area (Å²) in [7, 11) is -4.76. The zero-order valence-electron chi connectivity index (χ0n) is 33.1. The van der Waals surface area contributed by atoms with E-state index >= 15 is 0 Å². The van der Waals surface area contributed by atoms with Crippen LogP contribution < -0.4 is 0 Å². The molecule has 0 bridgehead atoms. The van der Waals surface area contributed by atoms with Crippen LogP contribution in [0.1, 0.15) is 127 Å². The van der Waals surface area contributed by atoms with Crippen molar-refractivity contribution in [2.24, 2.45) is 0 Å². The number of rotatable bonds is 29. The number of halogens is 1. The Hall–Kier alpha value is -2.83. The third-order valence-electron chi connectivity index (χ3n) is 10.3. The molecule has 1 aliphatic heterocycles. The number of phosphoric ester groups is 1. The van der Waals surface area contributed by atoms with E-state index in [4.69, 9.17) is 23.3 Å². The lowest BCUT2D eigenvalue weighted by molar-refractivity contribution is -0.0690. The van der Waals surface area contributed by atoms with Crippen LogP contribution in [0.3, 0.4) is 0 Å². The number of hydrogen-bond acceptors (Lipinski definition) is 11. The van der Waals surface area contributed by atoms with E-state index in [1.54, 1.807) is 25.1 Å². The van der Waals surface area contributed by atoms with Crippen LogP contribution in [0.2, 0.25) is 0 Å². The lowest BCUT2D eigenvalue weighted by Crippen LogP contribution is -2.41. The third kappa shape index (κ3) is 14.2. The van der Waals surface area contributed by atoms with Crippen molar-refractivity contribution in [2.75, 3.05) is 26.4 Å². The lowest BCUT2D eigenvalue weighted by atomic mass is 9.92. The molecule has 0 amide bonds. The molecule has 0 aliphatic carbocycles. The van der Waals surface area contributed by atoms with Gasteiger partial charge in [-0.2, -0.15) is 10.4 Å². The topological polar surface area (TPSA) is 178 Å². The molecule has 1 aromatic carbocycles. The van der Waals surface area contributed by atoms with Crippen molar-refractivity contribution in [1.29, 1.82) is 5.26 Å². The average molecular weight is 805 g/mol. The smallest absolute Gasteiger partial charge is 0.387 e. The number of ether oxygens (including phenoxy) is 3. The molecular weight excluding hydrogens is 742 g/mol. The number of aromatic nitrogens is 3. The Balaban J connectivity index is 1.17. The Morgan fingerprint density at radius 3 is 2.21 bits per heavy atom. The number of fused-ring (bicyclic) bond motifs is 1. The number of phosphoric acid groups is 1. The second-order valence-electron chi connectivity index (χ2n) is 14.8. The van der Waals surface area contributed by atoms with Gasteiger partial charge in [-0.25, -0.2) is 18.5 Å². The van der Waals surface area contributed by atoms with Gasteiger partial charge in [-0.1, -0.05) is 115 Å². The van der Waals surface area contributed by atoms with Crippen molar-refractivity contribution in [3.8, 4) is 6.07 Å². The van der Waals surface area contributed by atoms with E-state index in [-0.39, 0.29) is 18.9 Å². The number of nitriles is 1. The van der Waals surface area contributed by atoms with E-state index in [9.17, 15) is 29.3 Å². The van der Waals surface area contributed by atoms with Crippen molar-refractivity contribution < 1.29 is 47.3 Å². The highest BCUT2D eigenvalue weighted by Crippen LogP contribution is 2.46. The quantitative estimate of drug-likeness (QED) is 0.0456. The summed E-state index contributed by atoms with van der Waals surface area (Å²) in [6.07, 6.45) is 16.1. The molecule has 6 atom stereocenters. The molecule has 1 fully saturated rings. The zero-order valence-corrected chi connectivity index (χ0v) is 34.0. The molecule has 3 aromatic rings. The van der Waals surface area contributed by atoms with E-state index in [1.807, 2.05) is 6.07 Å². The number of nitrogens with zero attached hydrogens (tertiary/aromatic N) is 4. The molecule has 4 rings (SSSR count). The summed E-state index contributed by atoms with van der Waals surface area (Å²) in [5.41, 5.74) is -0.148. The van der Waals surface area contributed by atoms with Gasteiger partial charge in [0.25, 0.3) is 0 Å². The van der Waals surface area contributed by atoms with E-state index in [0.29, 0.717) is 23.4 Å². The molecule has 3 heterocycles. The number of hydrogen-bond donors (Lipinski definition) is 3. The zero-order chi connectivity index (χ0) is 40.2. The van der Waals surface area contributed by atoms with Crippen molar-refractivity contribution in [2.45, 2.75) is 153 Å². The predicted octanol–water partition coefficient (Wildman–Crippen LogP) is 8.01. The van der Waals surface area contributed by atoms with Crippen LogP contribution in [0, 0.1) is 24.1 Å². The van der Waals surface area contributed by atoms with Crippen molar-refractivity contribution in [3.05, 3.63) is 65.5 Å². The molecular formula is C41H62FN4O9P. The molecule has 312 valence electrons. The standard InChI is InChI=1S/C41H62FN4O9P/c1-3-4-5-6-7-8-9-10-11-12-13-14-15-16-17-18-24-51-27-35(52-26-33-20-19-21-34(42)25-33)28-53-56(49,50)54-29-37-39(47)40(48)41(30-43,55-37)38-23-22-36-32(2)44-31-45-46(36)38/h19-23,25,31,35,37,39-40,47-48H,3-18,24,26-29H2,1-2H3,(H,49,50)/t35-,37-,39-,40-,41+/m1/s1. The molecule has 0 saturated carbocycles. The Labute approximate surface area is 331 Å². The Morgan fingerprint density at radius 2 is 1.59 bits per heavy atom. The van der Waals surface area contributed by atoms with Crippen LogP contribution >= 0.6 is 7.82 Å². The van der Waals surface area contributed by atoms with Gasteiger partial charge in [0, 0.05) is 6.61 Å². The summed E-state index contributed by atoms with van der Waals surface area (Å²) < 4.78 is 56.2. The van der Waals surface area contributed by atoms with Crippen LogP contribution in [0.15, 0.2) is 42.7 Å². The highest BCUT2D eigenvalue weighted by Gasteiger charge is 2.58. The summed E-state index contributed by atoms with van der Waals surface area (Å²) in [6, 6.07) is 11.1. The molecule has 0 radical (unpaired) electrons. The molecule has 1 aliphatic rings. The van der Waals surface area contributed by atoms with E-state index in [2.05, 4.69) is 17.0 Å². The molecule has 0 spiro atoms. The molecule has 1 saturated heterocycles. The second kappa shape index (κ2) is 24.2. The van der Waals surface area contributed by atoms with Gasteiger partial charge in [-0.3, -0.25) is 9.05 Å². The van der Waals surface area contributed by atoms with Crippen LogP contribution in [0.4, 0.5) is 4.39 Å². The first-order valence-corrected chi connectivity index (χ1v) is 21.9. The molecule has 13 nitrogen and oxygen atoms in total. The minimum Gasteiger partial charge on any atom is -0.387 e. The van der Waals surface area contributed by atoms with Gasteiger partial charge in [0.2, 0.25) is 5.60 Å². The average Bonchev–Trinajstić information content (AvgIpc) is 3.73. The fraction of sp³-hybridized carbons (Fsp3) is 0.683. The fourth-order valence-corrected chi connectivity index (χ4v) is 7.75. The molecule has 1 unspecified atom stereocenters. The molecule has 15 heteroatoms. The van der Waals surface area contributed by atoms with Crippen LogP contribution in [-0.2, 0) is 40.0 Å². The maximum atomic E-state index is 13.8. The number of aliphatic hydroxyl groups is 2. The normalized spacial score (nSPS) is 21.3. The second-order valence-corrected chi connectivity index (χ2v) is 16.3. The van der Waals surface area contributed by atoms with Crippen molar-refractivity contribution in [1.82, 2.24) is 14.6 Å². The van der Waals surface area contributed by atoms with Gasteiger partial charge in [0.1, 0.15) is 42.6 Å². The maximum Gasteiger partial charge on any atom is 0.472 e.